The first-order valence-electron chi connectivity index (χ1n) is 25.7. The molecule has 0 unspecified atom stereocenters. The largest absolute Gasteiger partial charge is 0.310 e. The van der Waals surface area contributed by atoms with Crippen LogP contribution in [0.5, 0.6) is 0 Å². The summed E-state index contributed by atoms with van der Waals surface area (Å²) in [6, 6.07) is 69.0. The Bertz CT molecular complexity index is 3280. The predicted octanol–water partition coefficient (Wildman–Crippen LogP) is 17.5. The van der Waals surface area contributed by atoms with E-state index in [1.807, 2.05) is 0 Å². The molecule has 1 heteroatoms. The average Bonchev–Trinajstić information content (AvgIpc) is 3.92. The summed E-state index contributed by atoms with van der Waals surface area (Å²) in [4.78, 5) is 2.60. The summed E-state index contributed by atoms with van der Waals surface area (Å²) in [5, 5.41) is 0. The number of benzene rings is 8. The van der Waals surface area contributed by atoms with E-state index in [1.165, 1.54) is 127 Å². The third kappa shape index (κ3) is 5.45. The molecule has 15 rings (SSSR count). The van der Waals surface area contributed by atoms with Crippen LogP contribution in [-0.4, -0.2) is 0 Å². The van der Waals surface area contributed by atoms with Crippen molar-refractivity contribution in [1.82, 2.24) is 0 Å². The van der Waals surface area contributed by atoms with Crippen molar-refractivity contribution >= 4 is 17.1 Å². The van der Waals surface area contributed by atoms with Gasteiger partial charge in [0.05, 0.1) is 5.41 Å². The summed E-state index contributed by atoms with van der Waals surface area (Å²) in [7, 11) is 0. The summed E-state index contributed by atoms with van der Waals surface area (Å²) in [6.07, 6.45) is 6.96. The molecule has 334 valence electrons. The van der Waals surface area contributed by atoms with Crippen LogP contribution in [0.15, 0.2) is 176 Å². The van der Waals surface area contributed by atoms with Crippen LogP contribution in [0.3, 0.4) is 0 Å². The van der Waals surface area contributed by atoms with Crippen LogP contribution >= 0.6 is 0 Å². The van der Waals surface area contributed by atoms with Crippen LogP contribution in [-0.2, 0) is 21.7 Å². The Balaban J connectivity index is 1.02. The van der Waals surface area contributed by atoms with Crippen molar-refractivity contribution in [3.05, 3.63) is 220 Å². The number of nitrogens with zero attached hydrogens (tertiary/aromatic N) is 1. The Morgan fingerprint density at radius 3 is 1.32 bits per heavy atom. The van der Waals surface area contributed by atoms with E-state index in [1.54, 1.807) is 11.1 Å². The first-order valence-corrected chi connectivity index (χ1v) is 25.7. The molecule has 4 fully saturated rings. The maximum atomic E-state index is 2.67. The molecule has 0 saturated heterocycles. The fourth-order valence-electron chi connectivity index (χ4n) is 15.4. The van der Waals surface area contributed by atoms with Crippen LogP contribution in [0, 0.1) is 23.7 Å². The highest BCUT2D eigenvalue weighted by Crippen LogP contribution is 2.70. The predicted molar refractivity (Wildman–Crippen MR) is 284 cm³/mol. The topological polar surface area (TPSA) is 3.24 Å². The molecular weight excluding hydrogens is 819 g/mol. The highest BCUT2D eigenvalue weighted by atomic mass is 15.1. The van der Waals surface area contributed by atoms with E-state index >= 15 is 0 Å². The van der Waals surface area contributed by atoms with Gasteiger partial charge in [0.25, 0.3) is 0 Å². The lowest BCUT2D eigenvalue weighted by Crippen LogP contribution is -2.55. The van der Waals surface area contributed by atoms with E-state index in [2.05, 4.69) is 222 Å². The zero-order valence-corrected chi connectivity index (χ0v) is 40.5. The minimum absolute atomic E-state index is 0.00503. The van der Waals surface area contributed by atoms with Gasteiger partial charge >= 0.3 is 0 Å². The number of hydrogen-bond acceptors (Lipinski definition) is 1. The molecule has 0 atom stereocenters. The van der Waals surface area contributed by atoms with Crippen LogP contribution in [0.25, 0.3) is 44.5 Å². The Kier molecular flexibility index (Phi) is 8.40. The molecule has 0 amide bonds. The van der Waals surface area contributed by atoms with Gasteiger partial charge in [-0.3, -0.25) is 0 Å². The van der Waals surface area contributed by atoms with Crippen molar-refractivity contribution < 1.29 is 0 Å². The molecule has 7 aliphatic carbocycles. The quantitative estimate of drug-likeness (QED) is 0.170. The second kappa shape index (κ2) is 14.1. The second-order valence-corrected chi connectivity index (χ2v) is 23.7. The maximum Gasteiger partial charge on any atom is 0.0726 e. The minimum atomic E-state index is -0.484. The zero-order chi connectivity index (χ0) is 45.9. The van der Waals surface area contributed by atoms with Crippen molar-refractivity contribution in [2.24, 2.45) is 23.7 Å². The molecule has 0 aromatic heterocycles. The van der Waals surface area contributed by atoms with E-state index in [4.69, 9.17) is 0 Å². The normalized spacial score (nSPS) is 22.7. The van der Waals surface area contributed by atoms with E-state index in [9.17, 15) is 0 Å². The molecule has 68 heavy (non-hydrogen) atoms. The maximum absolute atomic E-state index is 2.67. The fraction of sp³-hybridized carbons (Fsp3) is 0.284. The van der Waals surface area contributed by atoms with Crippen molar-refractivity contribution in [1.29, 1.82) is 0 Å². The molecule has 0 heterocycles. The number of hydrogen-bond donors (Lipinski definition) is 0. The van der Waals surface area contributed by atoms with Crippen molar-refractivity contribution in [3.63, 3.8) is 0 Å². The van der Waals surface area contributed by atoms with Gasteiger partial charge in [0.1, 0.15) is 0 Å². The highest BCUT2D eigenvalue weighted by molar-refractivity contribution is 5.97. The van der Waals surface area contributed by atoms with Gasteiger partial charge in [-0.15, -0.1) is 0 Å². The Hall–Kier alpha value is -6.44. The SMILES string of the molecule is CC(C)(C)c1ccc2c(c1)C1(c3ccccc3-c3ccc(N(c4ccc(-c5ccccc5)cc4)c4ccc5c(c4)C4(c6ccccc6-5)C5CC6CC(C5)CC4C6)cc31)c1cc(C(C)(C)C)ccc1-2. The molecule has 0 radical (unpaired) electrons. The van der Waals surface area contributed by atoms with Gasteiger partial charge in [0.2, 0.25) is 0 Å². The monoisotopic (exact) mass is 879 g/mol. The fourth-order valence-corrected chi connectivity index (χ4v) is 15.4. The average molecular weight is 880 g/mol. The van der Waals surface area contributed by atoms with E-state index in [0.717, 1.165) is 11.8 Å². The lowest BCUT2D eigenvalue weighted by atomic mass is 9.43. The molecule has 7 aliphatic rings. The van der Waals surface area contributed by atoms with Crippen molar-refractivity contribution in [3.8, 4) is 44.5 Å². The summed E-state index contributed by atoms with van der Waals surface area (Å²) in [6.45, 7) is 14.2. The molecule has 0 N–H and O–H groups in total. The number of anilines is 3. The Labute approximate surface area is 403 Å². The summed E-state index contributed by atoms with van der Waals surface area (Å²) in [5.74, 6) is 3.20. The second-order valence-electron chi connectivity index (χ2n) is 23.7. The first kappa shape index (κ1) is 40.6. The van der Waals surface area contributed by atoms with E-state index in [-0.39, 0.29) is 16.2 Å². The van der Waals surface area contributed by atoms with Gasteiger partial charge in [-0.2, -0.15) is 0 Å². The molecule has 4 bridgehead atoms. The van der Waals surface area contributed by atoms with Gasteiger partial charge in [-0.05, 0) is 192 Å². The molecule has 8 aromatic carbocycles. The number of rotatable bonds is 4. The lowest BCUT2D eigenvalue weighted by molar-refractivity contribution is -0.0399. The van der Waals surface area contributed by atoms with Gasteiger partial charge in [0, 0.05) is 22.5 Å². The van der Waals surface area contributed by atoms with Gasteiger partial charge < -0.3 is 4.90 Å². The van der Waals surface area contributed by atoms with Crippen LogP contribution < -0.4 is 4.90 Å². The molecule has 1 nitrogen and oxygen atoms in total. The summed E-state index contributed by atoms with van der Waals surface area (Å²) in [5.41, 5.74) is 25.5. The standard InChI is InChI=1S/C67H61N/c1-64(2,3)45-22-28-54-55-29-23-46(65(4,5)6)38-61(55)67(60(54)37-45)59-19-13-11-17-53(59)57-31-27-51(40-63(57)67)68(49-24-20-44(21-25-49)43-14-8-7-9-15-43)50-26-30-56-52-16-10-12-18-58(52)66(62(56)39-50)47-33-41-32-42(35-47)36-48(66)34-41/h7-31,37-42,47-48H,32-36H2,1-6H3. The first-order chi connectivity index (χ1) is 32.9. The van der Waals surface area contributed by atoms with Gasteiger partial charge in [-0.25, -0.2) is 0 Å². The van der Waals surface area contributed by atoms with E-state index < -0.39 is 5.41 Å². The van der Waals surface area contributed by atoms with Crippen LogP contribution in [0.1, 0.15) is 118 Å². The van der Waals surface area contributed by atoms with Crippen molar-refractivity contribution in [2.75, 3.05) is 4.90 Å². The van der Waals surface area contributed by atoms with Gasteiger partial charge in [0.15, 0.2) is 0 Å². The Morgan fingerprint density at radius 1 is 0.353 bits per heavy atom. The summed E-state index contributed by atoms with van der Waals surface area (Å²) >= 11 is 0. The smallest absolute Gasteiger partial charge is 0.0726 e. The zero-order valence-electron chi connectivity index (χ0n) is 40.5. The summed E-state index contributed by atoms with van der Waals surface area (Å²) < 4.78 is 0. The number of fused-ring (bicyclic) bond motifs is 13. The lowest BCUT2D eigenvalue weighted by Gasteiger charge is -2.61. The van der Waals surface area contributed by atoms with Crippen molar-refractivity contribution in [2.45, 2.75) is 95.3 Å². The van der Waals surface area contributed by atoms with Crippen LogP contribution in [0.4, 0.5) is 17.1 Å². The third-order valence-corrected chi connectivity index (χ3v) is 18.2. The molecule has 4 saturated carbocycles. The Morgan fingerprint density at radius 2 is 0.765 bits per heavy atom. The molecule has 0 aliphatic heterocycles. The molecule has 8 aromatic rings. The van der Waals surface area contributed by atoms with E-state index in [0.29, 0.717) is 11.8 Å². The molecular formula is C67H61N. The minimum Gasteiger partial charge on any atom is -0.310 e. The van der Waals surface area contributed by atoms with Gasteiger partial charge in [-0.1, -0.05) is 181 Å². The highest BCUT2D eigenvalue weighted by Gasteiger charge is 2.62. The third-order valence-electron chi connectivity index (χ3n) is 18.2. The molecule has 2 spiro atoms. The van der Waals surface area contributed by atoms with Crippen LogP contribution in [0.2, 0.25) is 0 Å².